The minimum absolute atomic E-state index is 0.0810. The lowest BCUT2D eigenvalue weighted by Crippen LogP contribution is -2.43. The fraction of sp³-hybridized carbons (Fsp3) is 0.381. The summed E-state index contributed by atoms with van der Waals surface area (Å²) in [5, 5.41) is 7.57. The molecule has 1 atom stereocenters. The SMILES string of the molecule is C=CC(=O)N1CCCC(C(=O)Nc2cc(C)nn2-c2ccc(C)cc2C)C1. The van der Waals surface area contributed by atoms with Crippen LogP contribution in [0.5, 0.6) is 0 Å². The molecule has 142 valence electrons. The molecule has 1 aliphatic heterocycles. The monoisotopic (exact) mass is 366 g/mol. The van der Waals surface area contributed by atoms with Crippen molar-refractivity contribution in [2.75, 3.05) is 18.4 Å². The number of rotatable bonds is 4. The molecule has 0 radical (unpaired) electrons. The molecule has 6 heteroatoms. The zero-order chi connectivity index (χ0) is 19.6. The van der Waals surface area contributed by atoms with Crippen molar-refractivity contribution in [1.82, 2.24) is 14.7 Å². The number of aryl methyl sites for hydroxylation is 3. The molecule has 6 nitrogen and oxygen atoms in total. The van der Waals surface area contributed by atoms with Crippen LogP contribution in [0.4, 0.5) is 5.82 Å². The number of nitrogens with one attached hydrogen (secondary N) is 1. The lowest BCUT2D eigenvalue weighted by atomic mass is 9.97. The van der Waals surface area contributed by atoms with Gasteiger partial charge in [0.05, 0.1) is 17.3 Å². The number of piperidine rings is 1. The molecule has 0 saturated carbocycles. The highest BCUT2D eigenvalue weighted by Crippen LogP contribution is 2.23. The van der Waals surface area contributed by atoms with Crippen molar-refractivity contribution in [3.8, 4) is 5.69 Å². The Morgan fingerprint density at radius 3 is 2.74 bits per heavy atom. The van der Waals surface area contributed by atoms with Crippen LogP contribution in [0.2, 0.25) is 0 Å². The standard InChI is InChI=1S/C21H26N4O2/c1-5-20(26)24-10-6-7-17(13-24)21(27)22-19-12-16(4)23-25(19)18-9-8-14(2)11-15(18)3/h5,8-9,11-12,17H,1,6-7,10,13H2,2-4H3,(H,22,27). The molecule has 0 spiro atoms. The van der Waals surface area contributed by atoms with Gasteiger partial charge in [0.1, 0.15) is 5.82 Å². The van der Waals surface area contributed by atoms with E-state index in [2.05, 4.69) is 23.1 Å². The number of carbonyl (C=O) groups excluding carboxylic acids is 2. The molecule has 1 saturated heterocycles. The van der Waals surface area contributed by atoms with Crippen LogP contribution in [0.3, 0.4) is 0 Å². The van der Waals surface area contributed by atoms with Gasteiger partial charge in [0.2, 0.25) is 11.8 Å². The van der Waals surface area contributed by atoms with Crippen molar-refractivity contribution < 1.29 is 9.59 Å². The average Bonchev–Trinajstić information content (AvgIpc) is 3.01. The predicted molar refractivity (Wildman–Crippen MR) is 106 cm³/mol. The first-order valence-electron chi connectivity index (χ1n) is 9.25. The Morgan fingerprint density at radius 2 is 2.04 bits per heavy atom. The van der Waals surface area contributed by atoms with Crippen molar-refractivity contribution in [3.63, 3.8) is 0 Å². The predicted octanol–water partition coefficient (Wildman–Crippen LogP) is 3.16. The number of likely N-dealkylation sites (tertiary alicyclic amines) is 1. The molecular formula is C21H26N4O2. The van der Waals surface area contributed by atoms with Gasteiger partial charge in [-0.2, -0.15) is 5.10 Å². The lowest BCUT2D eigenvalue weighted by Gasteiger charge is -2.31. The molecule has 1 unspecified atom stereocenters. The number of benzene rings is 1. The van der Waals surface area contributed by atoms with E-state index in [-0.39, 0.29) is 17.7 Å². The molecule has 1 N–H and O–H groups in total. The van der Waals surface area contributed by atoms with Crippen LogP contribution in [-0.4, -0.2) is 39.6 Å². The molecular weight excluding hydrogens is 340 g/mol. The lowest BCUT2D eigenvalue weighted by molar-refractivity contribution is -0.130. The molecule has 2 heterocycles. The number of hydrogen-bond donors (Lipinski definition) is 1. The smallest absolute Gasteiger partial charge is 0.245 e. The Labute approximate surface area is 159 Å². The maximum atomic E-state index is 12.8. The molecule has 1 fully saturated rings. The van der Waals surface area contributed by atoms with Crippen LogP contribution >= 0.6 is 0 Å². The normalized spacial score (nSPS) is 16.9. The van der Waals surface area contributed by atoms with Gasteiger partial charge in [-0.3, -0.25) is 9.59 Å². The highest BCUT2D eigenvalue weighted by atomic mass is 16.2. The van der Waals surface area contributed by atoms with Crippen LogP contribution in [0.25, 0.3) is 5.69 Å². The van der Waals surface area contributed by atoms with Crippen LogP contribution in [0.15, 0.2) is 36.9 Å². The van der Waals surface area contributed by atoms with Crippen molar-refractivity contribution in [1.29, 1.82) is 0 Å². The third-order valence-corrected chi connectivity index (χ3v) is 4.94. The summed E-state index contributed by atoms with van der Waals surface area (Å²) in [6.45, 7) is 10.6. The van der Waals surface area contributed by atoms with Crippen molar-refractivity contribution >= 4 is 17.6 Å². The summed E-state index contributed by atoms with van der Waals surface area (Å²) in [6, 6.07) is 8.01. The summed E-state index contributed by atoms with van der Waals surface area (Å²) in [4.78, 5) is 26.4. The highest BCUT2D eigenvalue weighted by molar-refractivity contribution is 5.93. The minimum atomic E-state index is -0.231. The summed E-state index contributed by atoms with van der Waals surface area (Å²) >= 11 is 0. The van der Waals surface area contributed by atoms with Crippen LogP contribution in [0.1, 0.15) is 29.7 Å². The summed E-state index contributed by atoms with van der Waals surface area (Å²) in [5.41, 5.74) is 4.04. The van der Waals surface area contributed by atoms with Gasteiger partial charge in [-0.15, -0.1) is 0 Å². The second-order valence-corrected chi connectivity index (χ2v) is 7.19. The Hall–Kier alpha value is -2.89. The van der Waals surface area contributed by atoms with Crippen LogP contribution in [-0.2, 0) is 9.59 Å². The quantitative estimate of drug-likeness (QED) is 0.845. The Kier molecular flexibility index (Phi) is 5.44. The van der Waals surface area contributed by atoms with Gasteiger partial charge in [-0.05, 0) is 51.3 Å². The number of nitrogens with zero attached hydrogens (tertiary/aromatic N) is 3. The van der Waals surface area contributed by atoms with E-state index in [9.17, 15) is 9.59 Å². The first kappa shape index (κ1) is 18.9. The van der Waals surface area contributed by atoms with E-state index in [1.54, 1.807) is 9.58 Å². The second kappa shape index (κ2) is 7.78. The number of hydrogen-bond acceptors (Lipinski definition) is 3. The highest BCUT2D eigenvalue weighted by Gasteiger charge is 2.28. The van der Waals surface area contributed by atoms with E-state index in [0.717, 1.165) is 29.8 Å². The van der Waals surface area contributed by atoms with Crippen LogP contribution in [0, 0.1) is 26.7 Å². The molecule has 2 aromatic rings. The Morgan fingerprint density at radius 1 is 1.26 bits per heavy atom. The van der Waals surface area contributed by atoms with E-state index in [1.165, 1.54) is 11.6 Å². The van der Waals surface area contributed by atoms with E-state index in [4.69, 9.17) is 0 Å². The largest absolute Gasteiger partial charge is 0.338 e. The van der Waals surface area contributed by atoms with Crippen molar-refractivity contribution in [2.24, 2.45) is 5.92 Å². The van der Waals surface area contributed by atoms with Gasteiger partial charge in [-0.1, -0.05) is 24.3 Å². The summed E-state index contributed by atoms with van der Waals surface area (Å²) in [7, 11) is 0. The van der Waals surface area contributed by atoms with Gasteiger partial charge in [0.15, 0.2) is 0 Å². The molecule has 1 aromatic carbocycles. The van der Waals surface area contributed by atoms with Gasteiger partial charge in [0, 0.05) is 19.2 Å². The maximum Gasteiger partial charge on any atom is 0.245 e. The third kappa shape index (κ3) is 4.10. The molecule has 27 heavy (non-hydrogen) atoms. The van der Waals surface area contributed by atoms with Gasteiger partial charge < -0.3 is 10.2 Å². The Balaban J connectivity index is 1.81. The van der Waals surface area contributed by atoms with Crippen molar-refractivity contribution in [2.45, 2.75) is 33.6 Å². The maximum absolute atomic E-state index is 12.8. The topological polar surface area (TPSA) is 67.2 Å². The third-order valence-electron chi connectivity index (χ3n) is 4.94. The zero-order valence-corrected chi connectivity index (χ0v) is 16.2. The number of anilines is 1. The molecule has 1 aromatic heterocycles. The number of carbonyl (C=O) groups is 2. The average molecular weight is 366 g/mol. The Bertz CT molecular complexity index is 884. The molecule has 0 aliphatic carbocycles. The second-order valence-electron chi connectivity index (χ2n) is 7.19. The summed E-state index contributed by atoms with van der Waals surface area (Å²) in [6.07, 6.45) is 2.88. The summed E-state index contributed by atoms with van der Waals surface area (Å²) < 4.78 is 1.78. The van der Waals surface area contributed by atoms with E-state index < -0.39 is 0 Å². The van der Waals surface area contributed by atoms with Gasteiger partial charge in [0.25, 0.3) is 0 Å². The zero-order valence-electron chi connectivity index (χ0n) is 16.2. The minimum Gasteiger partial charge on any atom is -0.338 e. The fourth-order valence-electron chi connectivity index (χ4n) is 3.56. The van der Waals surface area contributed by atoms with Crippen LogP contribution < -0.4 is 5.32 Å². The summed E-state index contributed by atoms with van der Waals surface area (Å²) in [5.74, 6) is 0.216. The first-order chi connectivity index (χ1) is 12.9. The number of aromatic nitrogens is 2. The molecule has 0 bridgehead atoms. The van der Waals surface area contributed by atoms with Crippen molar-refractivity contribution in [3.05, 3.63) is 53.7 Å². The van der Waals surface area contributed by atoms with E-state index in [0.29, 0.717) is 18.9 Å². The molecule has 3 rings (SSSR count). The van der Waals surface area contributed by atoms with E-state index >= 15 is 0 Å². The first-order valence-corrected chi connectivity index (χ1v) is 9.25. The molecule has 2 amide bonds. The van der Waals surface area contributed by atoms with E-state index in [1.807, 2.05) is 39.0 Å². The number of amides is 2. The van der Waals surface area contributed by atoms with Gasteiger partial charge >= 0.3 is 0 Å². The fourth-order valence-corrected chi connectivity index (χ4v) is 3.56. The molecule has 1 aliphatic rings. The van der Waals surface area contributed by atoms with Gasteiger partial charge in [-0.25, -0.2) is 4.68 Å².